The number of nitrogens with one attached hydrogen (secondary N) is 3. The van der Waals surface area contributed by atoms with Gasteiger partial charge < -0.3 is 16.0 Å². The second-order valence-corrected chi connectivity index (χ2v) is 4.64. The van der Waals surface area contributed by atoms with Crippen LogP contribution in [0.1, 0.15) is 27.2 Å². The van der Waals surface area contributed by atoms with Crippen LogP contribution in [0.15, 0.2) is 23.5 Å². The molecule has 0 atom stereocenters. The van der Waals surface area contributed by atoms with Crippen LogP contribution in [0.3, 0.4) is 0 Å². The van der Waals surface area contributed by atoms with Crippen LogP contribution in [0.4, 0.5) is 0 Å². The summed E-state index contributed by atoms with van der Waals surface area (Å²) in [7, 11) is 0. The van der Waals surface area contributed by atoms with Crippen LogP contribution < -0.4 is 16.0 Å². The highest BCUT2D eigenvalue weighted by molar-refractivity contribution is 6.18. The van der Waals surface area contributed by atoms with E-state index in [4.69, 9.17) is 0 Å². The quantitative estimate of drug-likeness (QED) is 0.459. The summed E-state index contributed by atoms with van der Waals surface area (Å²) in [5, 5.41) is 8.70. The molecule has 0 fully saturated rings. The molecular weight excluding hydrogens is 230 g/mol. The number of hydrogen-bond acceptors (Lipinski definition) is 4. The lowest BCUT2D eigenvalue weighted by molar-refractivity contribution is -0.122. The Kier molecular flexibility index (Phi) is 4.95. The first-order valence-corrected chi connectivity index (χ1v) is 6.20. The first kappa shape index (κ1) is 14.3. The Morgan fingerprint density at radius 1 is 1.28 bits per heavy atom. The smallest absolute Gasteiger partial charge is 0.221 e. The average molecular weight is 251 g/mol. The van der Waals surface area contributed by atoms with E-state index in [9.17, 15) is 9.59 Å². The number of rotatable bonds is 7. The van der Waals surface area contributed by atoms with Crippen molar-refractivity contribution >= 4 is 11.7 Å². The minimum atomic E-state index is -0.0935. The SMILES string of the molecule is C=C1C(=O)C(NCNC(=O)CC(C)C)=C1NCC. The Hall–Kier alpha value is -1.78. The highest BCUT2D eigenvalue weighted by atomic mass is 16.1. The molecule has 100 valence electrons. The largest absolute Gasteiger partial charge is 0.383 e. The number of amides is 1. The van der Waals surface area contributed by atoms with Crippen LogP contribution >= 0.6 is 0 Å². The molecule has 0 radical (unpaired) electrons. The van der Waals surface area contributed by atoms with Crippen molar-refractivity contribution in [3.05, 3.63) is 23.5 Å². The molecule has 1 aliphatic rings. The summed E-state index contributed by atoms with van der Waals surface area (Å²) in [5.74, 6) is 0.212. The molecule has 5 nitrogen and oxygen atoms in total. The molecule has 1 rings (SSSR count). The lowest BCUT2D eigenvalue weighted by Crippen LogP contribution is -2.42. The average Bonchev–Trinajstić information content (AvgIpc) is 2.31. The van der Waals surface area contributed by atoms with E-state index in [0.29, 0.717) is 23.6 Å². The zero-order chi connectivity index (χ0) is 13.7. The molecule has 0 aromatic rings. The number of carbonyl (C=O) groups is 2. The number of hydrogen-bond donors (Lipinski definition) is 3. The van der Waals surface area contributed by atoms with Crippen molar-refractivity contribution in [2.75, 3.05) is 13.2 Å². The molecule has 5 heteroatoms. The summed E-state index contributed by atoms with van der Waals surface area (Å²) >= 11 is 0. The number of likely N-dealkylation sites (N-methyl/N-ethyl adjacent to an activating group) is 1. The molecule has 0 aromatic heterocycles. The number of allylic oxidation sites excluding steroid dienone is 2. The molecule has 0 aromatic carbocycles. The van der Waals surface area contributed by atoms with Gasteiger partial charge in [0.1, 0.15) is 5.70 Å². The van der Waals surface area contributed by atoms with Gasteiger partial charge in [-0.15, -0.1) is 0 Å². The molecule has 0 heterocycles. The fourth-order valence-corrected chi connectivity index (χ4v) is 1.68. The third-order valence-corrected chi connectivity index (χ3v) is 2.55. The minimum absolute atomic E-state index is 0.0197. The van der Waals surface area contributed by atoms with Gasteiger partial charge in [0.25, 0.3) is 0 Å². The van der Waals surface area contributed by atoms with Gasteiger partial charge in [-0.25, -0.2) is 0 Å². The molecule has 0 spiro atoms. The Labute approximate surface area is 108 Å². The van der Waals surface area contributed by atoms with Crippen molar-refractivity contribution in [2.24, 2.45) is 5.92 Å². The molecule has 0 saturated carbocycles. The van der Waals surface area contributed by atoms with Gasteiger partial charge in [-0.1, -0.05) is 20.4 Å². The van der Waals surface area contributed by atoms with E-state index >= 15 is 0 Å². The molecule has 18 heavy (non-hydrogen) atoms. The van der Waals surface area contributed by atoms with E-state index in [1.165, 1.54) is 0 Å². The molecule has 0 saturated heterocycles. The van der Waals surface area contributed by atoms with Crippen molar-refractivity contribution in [1.29, 1.82) is 0 Å². The Balaban J connectivity index is 2.41. The van der Waals surface area contributed by atoms with Gasteiger partial charge in [-0.2, -0.15) is 0 Å². The topological polar surface area (TPSA) is 70.2 Å². The van der Waals surface area contributed by atoms with E-state index in [2.05, 4.69) is 22.5 Å². The van der Waals surface area contributed by atoms with Gasteiger partial charge in [0.2, 0.25) is 11.7 Å². The number of ketones is 1. The molecule has 0 aliphatic heterocycles. The van der Waals surface area contributed by atoms with E-state index in [1.54, 1.807) is 0 Å². The molecular formula is C13H21N3O2. The third-order valence-electron chi connectivity index (χ3n) is 2.55. The number of carbonyl (C=O) groups excluding carboxylic acids is 2. The monoisotopic (exact) mass is 251 g/mol. The summed E-state index contributed by atoms with van der Waals surface area (Å²) in [6, 6.07) is 0. The van der Waals surface area contributed by atoms with E-state index in [1.807, 2.05) is 20.8 Å². The zero-order valence-corrected chi connectivity index (χ0v) is 11.2. The van der Waals surface area contributed by atoms with Crippen molar-refractivity contribution in [3.63, 3.8) is 0 Å². The van der Waals surface area contributed by atoms with Crippen LogP contribution in [0, 0.1) is 5.92 Å². The van der Waals surface area contributed by atoms with Crippen LogP contribution in [-0.4, -0.2) is 24.9 Å². The van der Waals surface area contributed by atoms with E-state index in [-0.39, 0.29) is 18.4 Å². The highest BCUT2D eigenvalue weighted by Crippen LogP contribution is 2.23. The van der Waals surface area contributed by atoms with E-state index < -0.39 is 0 Å². The van der Waals surface area contributed by atoms with Crippen LogP contribution in [-0.2, 0) is 9.59 Å². The Morgan fingerprint density at radius 2 is 1.94 bits per heavy atom. The maximum absolute atomic E-state index is 11.5. The molecule has 0 bridgehead atoms. The fraction of sp³-hybridized carbons (Fsp3) is 0.538. The second-order valence-electron chi connectivity index (χ2n) is 4.64. The molecule has 1 amide bonds. The van der Waals surface area contributed by atoms with Crippen LogP contribution in [0.25, 0.3) is 0 Å². The van der Waals surface area contributed by atoms with Crippen LogP contribution in [0.5, 0.6) is 0 Å². The second kappa shape index (κ2) is 6.23. The van der Waals surface area contributed by atoms with Gasteiger partial charge in [0, 0.05) is 18.5 Å². The maximum Gasteiger partial charge on any atom is 0.221 e. The first-order valence-electron chi connectivity index (χ1n) is 6.20. The molecule has 3 N–H and O–H groups in total. The lowest BCUT2D eigenvalue weighted by Gasteiger charge is -2.26. The summed E-state index contributed by atoms with van der Waals surface area (Å²) in [6.45, 7) is 10.6. The zero-order valence-electron chi connectivity index (χ0n) is 11.2. The van der Waals surface area contributed by atoms with Gasteiger partial charge in [0.15, 0.2) is 0 Å². The summed E-state index contributed by atoms with van der Waals surface area (Å²) in [6.07, 6.45) is 0.488. The maximum atomic E-state index is 11.5. The predicted molar refractivity (Wildman–Crippen MR) is 70.5 cm³/mol. The number of Topliss-reactive ketones (excluding diaryl/α,β-unsaturated/α-hetero) is 1. The molecule has 0 unspecified atom stereocenters. The Bertz CT molecular complexity index is 397. The fourth-order valence-electron chi connectivity index (χ4n) is 1.68. The van der Waals surface area contributed by atoms with Gasteiger partial charge in [-0.05, 0) is 12.8 Å². The first-order chi connectivity index (χ1) is 8.47. The normalized spacial score (nSPS) is 14.7. The van der Waals surface area contributed by atoms with Gasteiger partial charge in [0.05, 0.1) is 12.4 Å². The van der Waals surface area contributed by atoms with Crippen LogP contribution in [0.2, 0.25) is 0 Å². The van der Waals surface area contributed by atoms with Crippen molar-refractivity contribution in [3.8, 4) is 0 Å². The molecule has 1 aliphatic carbocycles. The predicted octanol–water partition coefficient (Wildman–Crippen LogP) is 0.656. The third kappa shape index (κ3) is 3.35. The van der Waals surface area contributed by atoms with Gasteiger partial charge >= 0.3 is 0 Å². The van der Waals surface area contributed by atoms with Crippen molar-refractivity contribution in [1.82, 2.24) is 16.0 Å². The standard InChI is InChI=1S/C13H21N3O2/c1-5-14-11-9(4)13(18)12(11)16-7-15-10(17)6-8(2)3/h8,14,16H,4-7H2,1-3H3,(H,15,17). The van der Waals surface area contributed by atoms with Gasteiger partial charge in [-0.3, -0.25) is 9.59 Å². The lowest BCUT2D eigenvalue weighted by atomic mass is 9.93. The van der Waals surface area contributed by atoms with Crippen molar-refractivity contribution in [2.45, 2.75) is 27.2 Å². The van der Waals surface area contributed by atoms with Crippen molar-refractivity contribution < 1.29 is 9.59 Å². The minimum Gasteiger partial charge on any atom is -0.383 e. The Morgan fingerprint density at radius 3 is 2.50 bits per heavy atom. The highest BCUT2D eigenvalue weighted by Gasteiger charge is 2.31. The van der Waals surface area contributed by atoms with E-state index in [0.717, 1.165) is 12.2 Å². The summed E-state index contributed by atoms with van der Waals surface area (Å²) in [4.78, 5) is 22.9. The summed E-state index contributed by atoms with van der Waals surface area (Å²) < 4.78 is 0. The summed E-state index contributed by atoms with van der Waals surface area (Å²) in [5.41, 5.74) is 1.75.